The second-order valence-electron chi connectivity index (χ2n) is 4.57. The van der Waals surface area contributed by atoms with Crippen LogP contribution in [-0.2, 0) is 6.54 Å². The zero-order chi connectivity index (χ0) is 15.4. The van der Waals surface area contributed by atoms with E-state index in [4.69, 9.17) is 0 Å². The Labute approximate surface area is 130 Å². The number of carbonyl (C=O) groups is 1. The quantitative estimate of drug-likeness (QED) is 0.677. The summed E-state index contributed by atoms with van der Waals surface area (Å²) in [6, 6.07) is 12.0. The Morgan fingerprint density at radius 2 is 1.90 bits per heavy atom. The summed E-state index contributed by atoms with van der Waals surface area (Å²) >= 11 is 3.34. The second-order valence-corrected chi connectivity index (χ2v) is 5.48. The van der Waals surface area contributed by atoms with Gasteiger partial charge in [0.05, 0.1) is 4.92 Å². The lowest BCUT2D eigenvalue weighted by Gasteiger charge is -2.06. The molecule has 2 aromatic carbocycles. The van der Waals surface area contributed by atoms with Crippen LogP contribution < -0.4 is 5.32 Å². The minimum absolute atomic E-state index is 0.0497. The first kappa shape index (κ1) is 15.2. The molecule has 21 heavy (non-hydrogen) atoms. The smallest absolute Gasteiger partial charge is 0.273 e. The normalized spacial score (nSPS) is 10.2. The maximum Gasteiger partial charge on any atom is 0.273 e. The van der Waals surface area contributed by atoms with Crippen molar-refractivity contribution < 1.29 is 9.72 Å². The zero-order valence-electron chi connectivity index (χ0n) is 11.3. The lowest BCUT2D eigenvalue weighted by Crippen LogP contribution is -2.22. The van der Waals surface area contributed by atoms with E-state index < -0.39 is 4.92 Å². The zero-order valence-corrected chi connectivity index (χ0v) is 12.9. The first-order valence-corrected chi connectivity index (χ1v) is 7.04. The number of nitrogens with zero attached hydrogens (tertiary/aromatic N) is 1. The van der Waals surface area contributed by atoms with E-state index in [0.717, 1.165) is 10.0 Å². The van der Waals surface area contributed by atoms with Crippen LogP contribution in [0.4, 0.5) is 5.69 Å². The fourth-order valence-electron chi connectivity index (χ4n) is 1.83. The number of hydrogen-bond donors (Lipinski definition) is 1. The molecular weight excluding hydrogens is 336 g/mol. The number of amides is 1. The molecular formula is C15H13BrN2O3. The summed E-state index contributed by atoms with van der Waals surface area (Å²) in [7, 11) is 0. The summed E-state index contributed by atoms with van der Waals surface area (Å²) in [6.07, 6.45) is 0. The van der Waals surface area contributed by atoms with Crippen molar-refractivity contribution in [3.8, 4) is 0 Å². The van der Waals surface area contributed by atoms with E-state index in [-0.39, 0.29) is 17.2 Å². The molecule has 0 heterocycles. The third-order valence-electron chi connectivity index (χ3n) is 3.03. The number of benzene rings is 2. The Morgan fingerprint density at radius 1 is 1.24 bits per heavy atom. The summed E-state index contributed by atoms with van der Waals surface area (Å²) in [6.45, 7) is 2.01. The molecule has 6 heteroatoms. The van der Waals surface area contributed by atoms with Crippen molar-refractivity contribution in [2.45, 2.75) is 13.5 Å². The van der Waals surface area contributed by atoms with Crippen molar-refractivity contribution in [1.29, 1.82) is 0 Å². The molecule has 0 saturated heterocycles. The molecule has 0 radical (unpaired) electrons. The average Bonchev–Trinajstić information content (AvgIpc) is 2.46. The maximum atomic E-state index is 12.0. The molecule has 0 aliphatic rings. The van der Waals surface area contributed by atoms with E-state index in [1.165, 1.54) is 6.07 Å². The van der Waals surface area contributed by atoms with Crippen LogP contribution in [0.2, 0.25) is 0 Å². The minimum atomic E-state index is -0.485. The Bertz CT molecular complexity index is 684. The molecule has 0 atom stereocenters. The lowest BCUT2D eigenvalue weighted by molar-refractivity contribution is -0.385. The average molecular weight is 349 g/mol. The van der Waals surface area contributed by atoms with Gasteiger partial charge >= 0.3 is 0 Å². The third-order valence-corrected chi connectivity index (χ3v) is 3.56. The van der Waals surface area contributed by atoms with Gasteiger partial charge in [-0.05, 0) is 30.7 Å². The minimum Gasteiger partial charge on any atom is -0.348 e. The monoisotopic (exact) mass is 348 g/mol. The van der Waals surface area contributed by atoms with Crippen molar-refractivity contribution in [2.75, 3.05) is 0 Å². The molecule has 0 fully saturated rings. The topological polar surface area (TPSA) is 72.2 Å². The summed E-state index contributed by atoms with van der Waals surface area (Å²) in [4.78, 5) is 22.4. The largest absolute Gasteiger partial charge is 0.348 e. The molecule has 0 aromatic heterocycles. The number of hydrogen-bond acceptors (Lipinski definition) is 3. The number of halogens is 1. The van der Waals surface area contributed by atoms with Gasteiger partial charge in [-0.3, -0.25) is 14.9 Å². The fraction of sp³-hybridized carbons (Fsp3) is 0.133. The second kappa shape index (κ2) is 6.49. The van der Waals surface area contributed by atoms with E-state index in [0.29, 0.717) is 12.1 Å². The van der Waals surface area contributed by atoms with E-state index in [1.54, 1.807) is 19.1 Å². The Kier molecular flexibility index (Phi) is 4.70. The highest BCUT2D eigenvalue weighted by Gasteiger charge is 2.14. The van der Waals surface area contributed by atoms with Crippen molar-refractivity contribution in [3.63, 3.8) is 0 Å². The number of nitro groups is 1. The van der Waals surface area contributed by atoms with E-state index in [1.807, 2.05) is 24.3 Å². The first-order chi connectivity index (χ1) is 9.97. The predicted octanol–water partition coefficient (Wildman–Crippen LogP) is 3.60. The molecule has 1 N–H and O–H groups in total. The summed E-state index contributed by atoms with van der Waals surface area (Å²) in [5.41, 5.74) is 1.72. The Morgan fingerprint density at radius 3 is 2.52 bits per heavy atom. The third kappa shape index (κ3) is 3.88. The highest BCUT2D eigenvalue weighted by molar-refractivity contribution is 9.10. The van der Waals surface area contributed by atoms with Crippen LogP contribution in [0.3, 0.4) is 0 Å². The molecule has 0 aliphatic carbocycles. The maximum absolute atomic E-state index is 12.0. The van der Waals surface area contributed by atoms with Gasteiger partial charge in [0.25, 0.3) is 11.6 Å². The SMILES string of the molecule is Cc1ccc(C(=O)NCc2ccc(Br)cc2)cc1[N+](=O)[O-]. The van der Waals surface area contributed by atoms with Gasteiger partial charge in [-0.15, -0.1) is 0 Å². The van der Waals surface area contributed by atoms with Gasteiger partial charge in [-0.2, -0.15) is 0 Å². The van der Waals surface area contributed by atoms with Crippen molar-refractivity contribution in [1.82, 2.24) is 5.32 Å². The number of nitrogens with one attached hydrogen (secondary N) is 1. The van der Waals surface area contributed by atoms with Gasteiger partial charge in [0.2, 0.25) is 0 Å². The number of carbonyl (C=O) groups excluding carboxylic acids is 1. The number of aryl methyl sites for hydroxylation is 1. The molecule has 0 unspecified atom stereocenters. The van der Waals surface area contributed by atoms with Gasteiger partial charge in [0.1, 0.15) is 0 Å². The standard InChI is InChI=1S/C15H13BrN2O3/c1-10-2-5-12(8-14(10)18(20)21)15(19)17-9-11-3-6-13(16)7-4-11/h2-8H,9H2,1H3,(H,17,19). The summed E-state index contributed by atoms with van der Waals surface area (Å²) in [5.74, 6) is -0.332. The van der Waals surface area contributed by atoms with Crippen LogP contribution in [0.15, 0.2) is 46.9 Å². The Balaban J connectivity index is 2.08. The highest BCUT2D eigenvalue weighted by atomic mass is 79.9. The van der Waals surface area contributed by atoms with Crippen LogP contribution in [0.1, 0.15) is 21.5 Å². The van der Waals surface area contributed by atoms with E-state index in [2.05, 4.69) is 21.2 Å². The van der Waals surface area contributed by atoms with Gasteiger partial charge in [0, 0.05) is 28.2 Å². The predicted molar refractivity (Wildman–Crippen MR) is 83.1 cm³/mol. The number of rotatable bonds is 4. The molecule has 1 amide bonds. The van der Waals surface area contributed by atoms with Crippen LogP contribution >= 0.6 is 15.9 Å². The van der Waals surface area contributed by atoms with E-state index in [9.17, 15) is 14.9 Å². The first-order valence-electron chi connectivity index (χ1n) is 6.25. The summed E-state index contributed by atoms with van der Waals surface area (Å²) < 4.78 is 0.965. The van der Waals surface area contributed by atoms with Crippen LogP contribution in [0.5, 0.6) is 0 Å². The molecule has 108 valence electrons. The van der Waals surface area contributed by atoms with Crippen molar-refractivity contribution in [3.05, 3.63) is 73.7 Å². The molecule has 2 rings (SSSR count). The van der Waals surface area contributed by atoms with Gasteiger partial charge in [-0.1, -0.05) is 34.1 Å². The lowest BCUT2D eigenvalue weighted by atomic mass is 10.1. The van der Waals surface area contributed by atoms with Crippen LogP contribution in [0, 0.1) is 17.0 Å². The van der Waals surface area contributed by atoms with Crippen LogP contribution in [0.25, 0.3) is 0 Å². The molecule has 2 aromatic rings. The van der Waals surface area contributed by atoms with Crippen molar-refractivity contribution >= 4 is 27.5 Å². The highest BCUT2D eigenvalue weighted by Crippen LogP contribution is 2.19. The fourth-order valence-corrected chi connectivity index (χ4v) is 2.10. The van der Waals surface area contributed by atoms with Gasteiger partial charge < -0.3 is 5.32 Å². The molecule has 0 saturated carbocycles. The van der Waals surface area contributed by atoms with Gasteiger partial charge in [0.15, 0.2) is 0 Å². The molecule has 5 nitrogen and oxygen atoms in total. The Hall–Kier alpha value is -2.21. The molecule has 0 aliphatic heterocycles. The summed E-state index contributed by atoms with van der Waals surface area (Å²) in [5, 5.41) is 13.6. The van der Waals surface area contributed by atoms with Gasteiger partial charge in [-0.25, -0.2) is 0 Å². The number of nitro benzene ring substituents is 1. The van der Waals surface area contributed by atoms with E-state index >= 15 is 0 Å². The molecule has 0 bridgehead atoms. The molecule has 0 spiro atoms. The van der Waals surface area contributed by atoms with Crippen LogP contribution in [-0.4, -0.2) is 10.8 Å². The van der Waals surface area contributed by atoms with Crippen molar-refractivity contribution in [2.24, 2.45) is 0 Å².